The van der Waals surface area contributed by atoms with E-state index >= 15 is 0 Å². The molecule has 1 amide bonds. The Bertz CT molecular complexity index is 1660. The van der Waals surface area contributed by atoms with Gasteiger partial charge in [-0.05, 0) is 106 Å². The number of piperidine rings is 1. The van der Waals surface area contributed by atoms with Crippen molar-refractivity contribution < 1.29 is 17.9 Å². The van der Waals surface area contributed by atoms with E-state index in [-0.39, 0.29) is 22.5 Å². The summed E-state index contributed by atoms with van der Waals surface area (Å²) in [5.41, 5.74) is 3.95. The SMILES string of the molecule is CNC(=O)O[C@H]1CCC[C@@H]1C1(C2CCN(CC3CN(c4ccc(S(=O)(=O)c5ccncc5)cc4)C3)CC2)CN(C)Cc2ccccc21. The number of benzene rings is 2. The first-order valence-electron chi connectivity index (χ1n) is 17.2. The summed E-state index contributed by atoms with van der Waals surface area (Å²) in [6.07, 6.45) is 8.06. The van der Waals surface area contributed by atoms with Crippen LogP contribution in [0.3, 0.4) is 0 Å². The molecule has 9 nitrogen and oxygen atoms in total. The van der Waals surface area contributed by atoms with Gasteiger partial charge in [0.15, 0.2) is 0 Å². The van der Waals surface area contributed by atoms with Crippen molar-refractivity contribution in [3.8, 4) is 0 Å². The van der Waals surface area contributed by atoms with Gasteiger partial charge in [0.2, 0.25) is 9.84 Å². The second-order valence-electron chi connectivity index (χ2n) is 14.1. The Kier molecular flexibility index (Phi) is 9.02. The number of likely N-dealkylation sites (tertiary alicyclic amines) is 1. The normalized spacial score (nSPS) is 26.0. The maximum absolute atomic E-state index is 13.0. The molecule has 0 radical (unpaired) electrons. The van der Waals surface area contributed by atoms with E-state index in [1.165, 1.54) is 35.7 Å². The number of anilines is 1. The number of carbonyl (C=O) groups excluding carboxylic acids is 1. The molecule has 2 saturated heterocycles. The molecule has 1 aliphatic carbocycles. The average Bonchev–Trinajstić information content (AvgIpc) is 3.55. The first-order chi connectivity index (χ1) is 22.8. The third-order valence-electron chi connectivity index (χ3n) is 11.3. The number of nitrogens with zero attached hydrogens (tertiary/aromatic N) is 4. The van der Waals surface area contributed by atoms with Crippen molar-refractivity contribution in [2.45, 2.75) is 60.0 Å². The van der Waals surface area contributed by atoms with Crippen molar-refractivity contribution in [3.05, 3.63) is 84.2 Å². The van der Waals surface area contributed by atoms with Crippen molar-refractivity contribution in [1.29, 1.82) is 0 Å². The first kappa shape index (κ1) is 32.1. The maximum atomic E-state index is 13.0. The summed E-state index contributed by atoms with van der Waals surface area (Å²) in [4.78, 5) is 24.4. The van der Waals surface area contributed by atoms with Gasteiger partial charge in [0.05, 0.1) is 9.79 Å². The molecule has 7 rings (SSSR count). The van der Waals surface area contributed by atoms with E-state index in [1.54, 1.807) is 19.2 Å². The Labute approximate surface area is 279 Å². The quantitative estimate of drug-likeness (QED) is 0.363. The molecular weight excluding hydrogens is 611 g/mol. The van der Waals surface area contributed by atoms with Gasteiger partial charge in [0, 0.05) is 75.1 Å². The number of amides is 1. The van der Waals surface area contributed by atoms with Crippen molar-refractivity contribution in [3.63, 3.8) is 0 Å². The van der Waals surface area contributed by atoms with Crippen LogP contribution in [0.25, 0.3) is 0 Å². The third-order valence-corrected chi connectivity index (χ3v) is 13.1. The van der Waals surface area contributed by atoms with Crippen LogP contribution in [0.2, 0.25) is 0 Å². The van der Waals surface area contributed by atoms with Crippen LogP contribution in [0.4, 0.5) is 10.5 Å². The standard InChI is InChI=1S/C37H47N5O4S/c1-38-36(43)46-35-9-5-8-34(35)37(26-40(2)25-28-6-3-4-7-33(28)37)29-16-20-41(21-17-29)22-27-23-42(24-27)30-10-12-31(13-11-30)47(44,45)32-14-18-39-19-15-32/h3-4,6-7,10-15,18-19,27,29,34-35H,5,8-9,16-17,20-26H2,1-2H3,(H,38,43)/t34-,35-,37?/m0/s1. The van der Waals surface area contributed by atoms with Crippen LogP contribution in [-0.4, -0.2) is 88.8 Å². The van der Waals surface area contributed by atoms with E-state index in [1.807, 2.05) is 12.1 Å². The van der Waals surface area contributed by atoms with Gasteiger partial charge in [-0.2, -0.15) is 0 Å². The lowest BCUT2D eigenvalue weighted by atomic mass is 9.56. The third kappa shape index (κ3) is 6.16. The number of rotatable bonds is 8. The molecule has 1 N–H and O–H groups in total. The number of pyridine rings is 1. The summed E-state index contributed by atoms with van der Waals surface area (Å²) in [7, 11) is 0.354. The monoisotopic (exact) mass is 657 g/mol. The van der Waals surface area contributed by atoms with Gasteiger partial charge in [0.1, 0.15) is 6.10 Å². The lowest BCUT2D eigenvalue weighted by Gasteiger charge is -2.54. The summed E-state index contributed by atoms with van der Waals surface area (Å²) in [6, 6.07) is 19.4. The molecule has 3 atom stereocenters. The molecule has 0 bridgehead atoms. The highest BCUT2D eigenvalue weighted by molar-refractivity contribution is 7.91. The zero-order valence-electron chi connectivity index (χ0n) is 27.6. The topological polar surface area (TPSA) is 95.1 Å². The number of hydrogen-bond acceptors (Lipinski definition) is 8. The zero-order valence-corrected chi connectivity index (χ0v) is 28.4. The number of fused-ring (bicyclic) bond motifs is 1. The van der Waals surface area contributed by atoms with Crippen LogP contribution in [-0.2, 0) is 26.5 Å². The largest absolute Gasteiger partial charge is 0.446 e. The summed E-state index contributed by atoms with van der Waals surface area (Å²) in [5.74, 6) is 1.44. The second-order valence-corrected chi connectivity index (χ2v) is 16.1. The molecule has 1 saturated carbocycles. The van der Waals surface area contributed by atoms with Gasteiger partial charge >= 0.3 is 6.09 Å². The van der Waals surface area contributed by atoms with Crippen molar-refractivity contribution >= 4 is 21.6 Å². The van der Waals surface area contributed by atoms with Crippen LogP contribution in [0, 0.1) is 17.8 Å². The van der Waals surface area contributed by atoms with E-state index < -0.39 is 9.84 Å². The minimum atomic E-state index is -3.54. The van der Waals surface area contributed by atoms with Gasteiger partial charge in [0.25, 0.3) is 0 Å². The number of aromatic nitrogens is 1. The lowest BCUT2D eigenvalue weighted by molar-refractivity contribution is -0.0106. The number of likely N-dealkylation sites (N-methyl/N-ethyl adjacent to an activating group) is 1. The minimum absolute atomic E-state index is 0.0326. The van der Waals surface area contributed by atoms with Crippen LogP contribution in [0.15, 0.2) is 82.8 Å². The van der Waals surface area contributed by atoms with Crippen molar-refractivity contribution in [2.75, 3.05) is 58.3 Å². The highest BCUT2D eigenvalue weighted by Crippen LogP contribution is 2.54. The number of hydrogen-bond donors (Lipinski definition) is 1. The Morgan fingerprint density at radius 2 is 1.66 bits per heavy atom. The number of carbonyl (C=O) groups is 1. The van der Waals surface area contributed by atoms with E-state index in [4.69, 9.17) is 4.74 Å². The van der Waals surface area contributed by atoms with Crippen LogP contribution in [0.5, 0.6) is 0 Å². The summed E-state index contributed by atoms with van der Waals surface area (Å²) in [6.45, 7) is 7.21. The van der Waals surface area contributed by atoms with Crippen LogP contribution < -0.4 is 10.2 Å². The first-order valence-corrected chi connectivity index (χ1v) is 18.6. The van der Waals surface area contributed by atoms with E-state index in [0.29, 0.717) is 22.6 Å². The molecule has 4 heterocycles. The molecule has 2 aromatic carbocycles. The summed E-state index contributed by atoms with van der Waals surface area (Å²) < 4.78 is 32.0. The molecule has 3 aliphatic heterocycles. The molecule has 10 heteroatoms. The van der Waals surface area contributed by atoms with E-state index in [9.17, 15) is 13.2 Å². The molecule has 1 unspecified atom stereocenters. The highest BCUT2D eigenvalue weighted by Gasteiger charge is 2.55. The van der Waals surface area contributed by atoms with Crippen molar-refractivity contribution in [1.82, 2.24) is 20.1 Å². The molecule has 47 heavy (non-hydrogen) atoms. The maximum Gasteiger partial charge on any atom is 0.407 e. The molecule has 4 aliphatic rings. The van der Waals surface area contributed by atoms with Crippen molar-refractivity contribution in [2.24, 2.45) is 17.8 Å². The number of alkyl carbamates (subject to hydrolysis) is 1. The van der Waals surface area contributed by atoms with Gasteiger partial charge in [-0.25, -0.2) is 13.2 Å². The van der Waals surface area contributed by atoms with E-state index in [2.05, 4.69) is 56.3 Å². The fourth-order valence-corrected chi connectivity index (χ4v) is 10.4. The van der Waals surface area contributed by atoms with Crippen LogP contribution >= 0.6 is 0 Å². The van der Waals surface area contributed by atoms with Gasteiger partial charge in [-0.15, -0.1) is 0 Å². The van der Waals surface area contributed by atoms with Crippen LogP contribution in [0.1, 0.15) is 43.2 Å². The molecule has 1 aromatic heterocycles. The molecule has 3 aromatic rings. The minimum Gasteiger partial charge on any atom is -0.446 e. The Hall–Kier alpha value is -3.47. The molecule has 0 spiro atoms. The summed E-state index contributed by atoms with van der Waals surface area (Å²) in [5, 5.41) is 2.69. The Morgan fingerprint density at radius 3 is 2.38 bits per heavy atom. The number of sulfone groups is 1. The Morgan fingerprint density at radius 1 is 0.957 bits per heavy atom. The Balaban J connectivity index is 0.996. The predicted octanol–water partition coefficient (Wildman–Crippen LogP) is 4.97. The zero-order chi connectivity index (χ0) is 32.6. The van der Waals surface area contributed by atoms with Gasteiger partial charge in [-0.3, -0.25) is 4.98 Å². The number of ether oxygens (including phenoxy) is 1. The van der Waals surface area contributed by atoms with Gasteiger partial charge in [-0.1, -0.05) is 24.3 Å². The fourth-order valence-electron chi connectivity index (χ4n) is 9.19. The second kappa shape index (κ2) is 13.2. The lowest BCUT2D eigenvalue weighted by Crippen LogP contribution is -2.58. The van der Waals surface area contributed by atoms with E-state index in [0.717, 1.165) is 83.6 Å². The fraction of sp³-hybridized carbons (Fsp3) is 0.514. The summed E-state index contributed by atoms with van der Waals surface area (Å²) >= 11 is 0. The molecule has 250 valence electrons. The predicted molar refractivity (Wildman–Crippen MR) is 182 cm³/mol. The number of nitrogens with one attached hydrogen (secondary N) is 1. The average molecular weight is 658 g/mol. The molecular formula is C37H47N5O4S. The molecule has 3 fully saturated rings. The van der Waals surface area contributed by atoms with Gasteiger partial charge < -0.3 is 24.8 Å². The highest BCUT2D eigenvalue weighted by atomic mass is 32.2. The smallest absolute Gasteiger partial charge is 0.407 e.